The van der Waals surface area contributed by atoms with E-state index >= 15 is 0 Å². The topological polar surface area (TPSA) is 60.7 Å². The second-order valence-corrected chi connectivity index (χ2v) is 8.72. The lowest BCUT2D eigenvalue weighted by atomic mass is 10.0. The summed E-state index contributed by atoms with van der Waals surface area (Å²) in [5.41, 5.74) is 6.44. The minimum absolute atomic E-state index is 0.185. The van der Waals surface area contributed by atoms with E-state index in [0.29, 0.717) is 18.4 Å². The molecule has 0 aliphatic heterocycles. The number of allylic oxidation sites excluding steroid dienone is 6. The van der Waals surface area contributed by atoms with Crippen LogP contribution in [0.2, 0.25) is 0 Å². The van der Waals surface area contributed by atoms with Crippen molar-refractivity contribution in [3.05, 3.63) is 69.9 Å². The number of aryl methyl sites for hydroxylation is 1. The van der Waals surface area contributed by atoms with Crippen molar-refractivity contribution in [1.29, 1.82) is 0 Å². The van der Waals surface area contributed by atoms with Crippen LogP contribution in [0.3, 0.4) is 0 Å². The molecule has 0 fully saturated rings. The third-order valence-electron chi connectivity index (χ3n) is 5.17. The minimum atomic E-state index is -0.429. The molecule has 0 aliphatic carbocycles. The Morgan fingerprint density at radius 3 is 2.17 bits per heavy atom. The average Bonchev–Trinajstić information content (AvgIpc) is 2.62. The molecule has 1 atom stereocenters. The van der Waals surface area contributed by atoms with Gasteiger partial charge in [0, 0.05) is 5.56 Å². The molecule has 0 spiro atoms. The molecule has 1 aromatic rings. The fourth-order valence-corrected chi connectivity index (χ4v) is 3.39. The predicted octanol–water partition coefficient (Wildman–Crippen LogP) is 7.07. The van der Waals surface area contributed by atoms with E-state index in [1.807, 2.05) is 6.08 Å². The number of aliphatic hydroxyl groups excluding tert-OH is 1. The van der Waals surface area contributed by atoms with Gasteiger partial charge in [0.1, 0.15) is 11.5 Å². The van der Waals surface area contributed by atoms with Crippen LogP contribution in [0.25, 0.3) is 0 Å². The molecule has 0 aromatic heterocycles. The molecule has 0 bridgehead atoms. The Morgan fingerprint density at radius 1 is 0.867 bits per heavy atom. The van der Waals surface area contributed by atoms with Crippen LogP contribution in [0.4, 0.5) is 0 Å². The number of rotatable bonds is 11. The Balaban J connectivity index is 2.48. The molecule has 30 heavy (non-hydrogen) atoms. The molecule has 0 heterocycles. The first-order valence-corrected chi connectivity index (χ1v) is 10.9. The van der Waals surface area contributed by atoms with Crippen LogP contribution in [-0.2, 0) is 6.42 Å². The summed E-state index contributed by atoms with van der Waals surface area (Å²) in [7, 11) is 0. The van der Waals surface area contributed by atoms with Gasteiger partial charge in [-0.05, 0) is 97.8 Å². The summed E-state index contributed by atoms with van der Waals surface area (Å²) in [6.45, 7) is 12.2. The van der Waals surface area contributed by atoms with Crippen molar-refractivity contribution in [2.45, 2.75) is 86.2 Å². The molecule has 0 amide bonds. The first-order chi connectivity index (χ1) is 14.1. The molecule has 0 aliphatic rings. The lowest BCUT2D eigenvalue weighted by Gasteiger charge is -2.09. The van der Waals surface area contributed by atoms with E-state index in [1.54, 1.807) is 19.1 Å². The SMILES string of the molecule is CC(C)=CCCC(C)=CC(O)CC(C)=CCCC(C)=CCc1cc(O)cc(C)c1O. The molecular formula is C27H40O3. The number of phenolic OH excluding ortho intramolecular Hbond substituents is 2. The molecule has 0 saturated carbocycles. The molecule has 0 saturated heterocycles. The normalized spacial score (nSPS) is 14.0. The smallest absolute Gasteiger partial charge is 0.122 e. The van der Waals surface area contributed by atoms with Crippen LogP contribution in [0, 0.1) is 6.92 Å². The summed E-state index contributed by atoms with van der Waals surface area (Å²) < 4.78 is 0. The maximum atomic E-state index is 10.3. The Labute approximate surface area is 183 Å². The molecule has 1 aromatic carbocycles. The zero-order chi connectivity index (χ0) is 22.7. The predicted molar refractivity (Wildman–Crippen MR) is 128 cm³/mol. The van der Waals surface area contributed by atoms with Crippen LogP contribution in [-0.4, -0.2) is 21.4 Å². The number of phenols is 2. The van der Waals surface area contributed by atoms with E-state index in [2.05, 4.69) is 52.8 Å². The van der Waals surface area contributed by atoms with Crippen LogP contribution < -0.4 is 0 Å². The van der Waals surface area contributed by atoms with Gasteiger partial charge in [-0.2, -0.15) is 0 Å². The molecular weight excluding hydrogens is 372 g/mol. The molecule has 3 heteroatoms. The quantitative estimate of drug-likeness (QED) is 0.269. The molecule has 1 rings (SSSR count). The van der Waals surface area contributed by atoms with Crippen molar-refractivity contribution in [3.8, 4) is 11.5 Å². The van der Waals surface area contributed by atoms with Gasteiger partial charge in [-0.3, -0.25) is 0 Å². The van der Waals surface area contributed by atoms with Crippen molar-refractivity contribution in [2.75, 3.05) is 0 Å². The fraction of sp³-hybridized carbons (Fsp3) is 0.481. The fourth-order valence-electron chi connectivity index (χ4n) is 3.39. The van der Waals surface area contributed by atoms with Crippen molar-refractivity contribution < 1.29 is 15.3 Å². The number of aliphatic hydroxyl groups is 1. The molecule has 3 nitrogen and oxygen atoms in total. The summed E-state index contributed by atoms with van der Waals surface area (Å²) in [6.07, 6.45) is 13.2. The van der Waals surface area contributed by atoms with E-state index in [4.69, 9.17) is 0 Å². The van der Waals surface area contributed by atoms with E-state index in [-0.39, 0.29) is 11.5 Å². The standard InChI is InChI=1S/C27H40O3/c1-19(2)9-7-11-21(4)15-25(28)16-22(5)12-8-10-20(3)13-14-24-18-26(29)17-23(6)27(24)30/h9,12-13,15,17-18,25,28-30H,7-8,10-11,14,16H2,1-6H3. The lowest BCUT2D eigenvalue weighted by molar-refractivity contribution is 0.222. The number of benzene rings is 1. The molecule has 166 valence electrons. The van der Waals surface area contributed by atoms with E-state index in [1.165, 1.54) is 22.3 Å². The summed E-state index contributed by atoms with van der Waals surface area (Å²) in [4.78, 5) is 0. The summed E-state index contributed by atoms with van der Waals surface area (Å²) in [6, 6.07) is 3.18. The van der Waals surface area contributed by atoms with Crippen molar-refractivity contribution in [3.63, 3.8) is 0 Å². The van der Waals surface area contributed by atoms with Crippen molar-refractivity contribution in [2.24, 2.45) is 0 Å². The Morgan fingerprint density at radius 2 is 1.50 bits per heavy atom. The maximum Gasteiger partial charge on any atom is 0.122 e. The van der Waals surface area contributed by atoms with Crippen molar-refractivity contribution >= 4 is 0 Å². The van der Waals surface area contributed by atoms with Gasteiger partial charge < -0.3 is 15.3 Å². The van der Waals surface area contributed by atoms with Gasteiger partial charge in [0.05, 0.1) is 6.10 Å². The highest BCUT2D eigenvalue weighted by atomic mass is 16.3. The Kier molecular flexibility index (Phi) is 11.3. The third-order valence-corrected chi connectivity index (χ3v) is 5.17. The highest BCUT2D eigenvalue weighted by molar-refractivity contribution is 5.46. The monoisotopic (exact) mass is 412 g/mol. The average molecular weight is 413 g/mol. The van der Waals surface area contributed by atoms with Crippen molar-refractivity contribution in [1.82, 2.24) is 0 Å². The van der Waals surface area contributed by atoms with Gasteiger partial charge in [-0.25, -0.2) is 0 Å². The lowest BCUT2D eigenvalue weighted by Crippen LogP contribution is -2.03. The number of hydrogen-bond donors (Lipinski definition) is 3. The second kappa shape index (κ2) is 13.1. The first-order valence-electron chi connectivity index (χ1n) is 10.9. The Hall–Kier alpha value is -2.26. The molecule has 0 radical (unpaired) electrons. The van der Waals surface area contributed by atoms with Gasteiger partial charge in [-0.1, -0.05) is 46.6 Å². The van der Waals surface area contributed by atoms with Crippen LogP contribution in [0.1, 0.15) is 77.8 Å². The van der Waals surface area contributed by atoms with E-state index in [0.717, 1.165) is 31.2 Å². The Bertz CT molecular complexity index is 806. The van der Waals surface area contributed by atoms with Gasteiger partial charge >= 0.3 is 0 Å². The van der Waals surface area contributed by atoms with E-state index < -0.39 is 6.10 Å². The molecule has 1 unspecified atom stereocenters. The van der Waals surface area contributed by atoms with Gasteiger partial charge in [-0.15, -0.1) is 0 Å². The molecule has 3 N–H and O–H groups in total. The number of hydrogen-bond acceptors (Lipinski definition) is 3. The summed E-state index contributed by atoms with van der Waals surface area (Å²) in [5.74, 6) is 0.440. The zero-order valence-corrected chi connectivity index (χ0v) is 19.6. The van der Waals surface area contributed by atoms with Gasteiger partial charge in [0.25, 0.3) is 0 Å². The highest BCUT2D eigenvalue weighted by Gasteiger charge is 2.06. The number of aromatic hydroxyl groups is 2. The largest absolute Gasteiger partial charge is 0.508 e. The first kappa shape index (κ1) is 25.8. The second-order valence-electron chi connectivity index (χ2n) is 8.72. The van der Waals surface area contributed by atoms with Gasteiger partial charge in [0.15, 0.2) is 0 Å². The zero-order valence-electron chi connectivity index (χ0n) is 19.6. The summed E-state index contributed by atoms with van der Waals surface area (Å²) >= 11 is 0. The van der Waals surface area contributed by atoms with E-state index in [9.17, 15) is 15.3 Å². The van der Waals surface area contributed by atoms with Crippen LogP contribution in [0.5, 0.6) is 11.5 Å². The summed E-state index contributed by atoms with van der Waals surface area (Å²) in [5, 5.41) is 30.1. The van der Waals surface area contributed by atoms with Crippen LogP contribution >= 0.6 is 0 Å². The minimum Gasteiger partial charge on any atom is -0.508 e. The van der Waals surface area contributed by atoms with Crippen LogP contribution in [0.15, 0.2) is 58.7 Å². The third kappa shape index (κ3) is 10.5. The maximum absolute atomic E-state index is 10.3. The van der Waals surface area contributed by atoms with Gasteiger partial charge in [0.2, 0.25) is 0 Å². The highest BCUT2D eigenvalue weighted by Crippen LogP contribution is 2.28.